The predicted octanol–water partition coefficient (Wildman–Crippen LogP) is 3.45. The van der Waals surface area contributed by atoms with Crippen LogP contribution in [-0.4, -0.2) is 7.11 Å². The average molecular weight is 233 g/mol. The highest BCUT2D eigenvalue weighted by Crippen LogP contribution is 2.41. The lowest BCUT2D eigenvalue weighted by atomic mass is 9.68. The maximum Gasteiger partial charge on any atom is 0.119 e. The summed E-state index contributed by atoms with van der Waals surface area (Å²) in [6.07, 6.45) is 6.07. The van der Waals surface area contributed by atoms with Crippen molar-refractivity contribution in [3.05, 3.63) is 29.8 Å². The normalized spacial score (nSPS) is 29.0. The summed E-state index contributed by atoms with van der Waals surface area (Å²) in [5, 5.41) is 0. The van der Waals surface area contributed by atoms with Crippen molar-refractivity contribution in [1.29, 1.82) is 0 Å². The fraction of sp³-hybridized carbons (Fsp3) is 0.600. The molecule has 0 saturated heterocycles. The Morgan fingerprint density at radius 3 is 2.94 bits per heavy atom. The highest BCUT2D eigenvalue weighted by atomic mass is 16.5. The van der Waals surface area contributed by atoms with E-state index in [0.717, 1.165) is 18.6 Å². The minimum atomic E-state index is -0.151. The Labute approximate surface area is 104 Å². The molecule has 0 spiro atoms. The average Bonchev–Trinajstić information content (AvgIpc) is 2.39. The van der Waals surface area contributed by atoms with E-state index in [1.165, 1.54) is 24.8 Å². The van der Waals surface area contributed by atoms with E-state index in [0.29, 0.717) is 5.92 Å². The molecule has 1 saturated carbocycles. The highest BCUT2D eigenvalue weighted by Gasteiger charge is 2.37. The van der Waals surface area contributed by atoms with E-state index in [4.69, 9.17) is 10.5 Å². The van der Waals surface area contributed by atoms with Crippen LogP contribution in [0.15, 0.2) is 24.3 Å². The smallest absolute Gasteiger partial charge is 0.119 e. The summed E-state index contributed by atoms with van der Waals surface area (Å²) in [5.41, 5.74) is 7.79. The zero-order chi connectivity index (χ0) is 12.3. The van der Waals surface area contributed by atoms with Crippen molar-refractivity contribution in [2.24, 2.45) is 11.7 Å². The second-order valence-electron chi connectivity index (χ2n) is 5.12. The molecule has 1 aliphatic carbocycles. The van der Waals surface area contributed by atoms with Gasteiger partial charge >= 0.3 is 0 Å². The Kier molecular flexibility index (Phi) is 3.72. The summed E-state index contributed by atoms with van der Waals surface area (Å²) < 4.78 is 5.30. The Balaban J connectivity index is 2.33. The molecule has 2 rings (SSSR count). The molecule has 2 nitrogen and oxygen atoms in total. The van der Waals surface area contributed by atoms with Gasteiger partial charge in [0.05, 0.1) is 7.11 Å². The van der Waals surface area contributed by atoms with E-state index in [1.54, 1.807) is 7.11 Å². The zero-order valence-electron chi connectivity index (χ0n) is 10.9. The first-order chi connectivity index (χ1) is 8.20. The predicted molar refractivity (Wildman–Crippen MR) is 71.1 cm³/mol. The van der Waals surface area contributed by atoms with Gasteiger partial charge in [-0.3, -0.25) is 0 Å². The lowest BCUT2D eigenvalue weighted by Gasteiger charge is -2.41. The maximum atomic E-state index is 6.70. The summed E-state index contributed by atoms with van der Waals surface area (Å²) in [7, 11) is 1.71. The van der Waals surface area contributed by atoms with Crippen molar-refractivity contribution in [1.82, 2.24) is 0 Å². The molecule has 17 heavy (non-hydrogen) atoms. The van der Waals surface area contributed by atoms with Crippen LogP contribution >= 0.6 is 0 Å². The molecule has 2 unspecified atom stereocenters. The van der Waals surface area contributed by atoms with E-state index in [2.05, 4.69) is 19.1 Å². The van der Waals surface area contributed by atoms with Gasteiger partial charge in [0, 0.05) is 5.54 Å². The van der Waals surface area contributed by atoms with E-state index in [1.807, 2.05) is 12.1 Å². The van der Waals surface area contributed by atoms with Gasteiger partial charge in [-0.1, -0.05) is 38.3 Å². The summed E-state index contributed by atoms with van der Waals surface area (Å²) in [4.78, 5) is 0. The molecule has 94 valence electrons. The number of ether oxygens (including phenoxy) is 1. The number of rotatable bonds is 3. The van der Waals surface area contributed by atoms with E-state index >= 15 is 0 Å². The van der Waals surface area contributed by atoms with Crippen molar-refractivity contribution >= 4 is 0 Å². The fourth-order valence-corrected chi connectivity index (χ4v) is 3.13. The molecule has 1 aromatic carbocycles. The van der Waals surface area contributed by atoms with Gasteiger partial charge in [0.1, 0.15) is 5.75 Å². The molecule has 0 aliphatic heterocycles. The van der Waals surface area contributed by atoms with Gasteiger partial charge < -0.3 is 10.5 Å². The molecule has 2 N–H and O–H groups in total. The number of nitrogens with two attached hydrogens (primary N) is 1. The van der Waals surface area contributed by atoms with Crippen molar-refractivity contribution < 1.29 is 4.74 Å². The zero-order valence-corrected chi connectivity index (χ0v) is 10.9. The number of methoxy groups -OCH3 is 1. The molecule has 0 aromatic heterocycles. The maximum absolute atomic E-state index is 6.70. The number of hydrogen-bond donors (Lipinski definition) is 1. The van der Waals surface area contributed by atoms with Crippen LogP contribution in [0.3, 0.4) is 0 Å². The second kappa shape index (κ2) is 5.09. The van der Waals surface area contributed by atoms with Gasteiger partial charge in [-0.25, -0.2) is 0 Å². The molecule has 0 radical (unpaired) electrons. The topological polar surface area (TPSA) is 35.2 Å². The van der Waals surface area contributed by atoms with E-state index in [-0.39, 0.29) is 5.54 Å². The Hall–Kier alpha value is -1.02. The molecular weight excluding hydrogens is 210 g/mol. The Bertz CT molecular complexity index is 377. The monoisotopic (exact) mass is 233 g/mol. The minimum absolute atomic E-state index is 0.151. The van der Waals surface area contributed by atoms with Crippen molar-refractivity contribution in [2.45, 2.75) is 44.6 Å². The van der Waals surface area contributed by atoms with Gasteiger partial charge in [0.15, 0.2) is 0 Å². The van der Waals surface area contributed by atoms with Crippen molar-refractivity contribution in [2.75, 3.05) is 7.11 Å². The van der Waals surface area contributed by atoms with Crippen LogP contribution in [0.5, 0.6) is 5.75 Å². The van der Waals surface area contributed by atoms with Crippen LogP contribution in [-0.2, 0) is 5.54 Å². The van der Waals surface area contributed by atoms with Crippen LogP contribution in [0, 0.1) is 5.92 Å². The summed E-state index contributed by atoms with van der Waals surface area (Å²) in [6.45, 7) is 2.25. The molecule has 1 aromatic rings. The van der Waals surface area contributed by atoms with Crippen LogP contribution in [0.2, 0.25) is 0 Å². The molecule has 1 aliphatic rings. The first-order valence-corrected chi connectivity index (χ1v) is 6.64. The number of benzene rings is 1. The van der Waals surface area contributed by atoms with Crippen LogP contribution in [0.25, 0.3) is 0 Å². The van der Waals surface area contributed by atoms with Crippen LogP contribution in [0.4, 0.5) is 0 Å². The minimum Gasteiger partial charge on any atom is -0.497 e. The lowest BCUT2D eigenvalue weighted by Crippen LogP contribution is -2.46. The third kappa shape index (κ3) is 2.32. The first-order valence-electron chi connectivity index (χ1n) is 6.64. The van der Waals surface area contributed by atoms with Crippen molar-refractivity contribution in [3.8, 4) is 5.75 Å². The Morgan fingerprint density at radius 1 is 1.41 bits per heavy atom. The van der Waals surface area contributed by atoms with Crippen LogP contribution < -0.4 is 10.5 Å². The van der Waals surface area contributed by atoms with Gasteiger partial charge in [0.2, 0.25) is 0 Å². The fourth-order valence-electron chi connectivity index (χ4n) is 3.13. The van der Waals surface area contributed by atoms with Gasteiger partial charge in [0.25, 0.3) is 0 Å². The largest absolute Gasteiger partial charge is 0.497 e. The molecule has 2 atom stereocenters. The molecule has 0 amide bonds. The number of hydrogen-bond acceptors (Lipinski definition) is 2. The Morgan fingerprint density at radius 2 is 2.24 bits per heavy atom. The van der Waals surface area contributed by atoms with Crippen molar-refractivity contribution in [3.63, 3.8) is 0 Å². The van der Waals surface area contributed by atoms with Gasteiger partial charge in [-0.05, 0) is 36.5 Å². The molecule has 0 bridgehead atoms. The van der Waals surface area contributed by atoms with E-state index in [9.17, 15) is 0 Å². The molecule has 2 heteroatoms. The molecule has 1 fully saturated rings. The second-order valence-corrected chi connectivity index (χ2v) is 5.12. The summed E-state index contributed by atoms with van der Waals surface area (Å²) in [5.74, 6) is 1.51. The first kappa shape index (κ1) is 12.4. The summed E-state index contributed by atoms with van der Waals surface area (Å²) >= 11 is 0. The third-order valence-electron chi connectivity index (χ3n) is 4.22. The van der Waals surface area contributed by atoms with Gasteiger partial charge in [-0.2, -0.15) is 0 Å². The standard InChI is InChI=1S/C15H23NO/c1-3-12-7-4-5-10-15(12,16)13-8-6-9-14(11-13)17-2/h6,8-9,11-12H,3-5,7,10,16H2,1-2H3. The summed E-state index contributed by atoms with van der Waals surface area (Å²) in [6, 6.07) is 8.28. The quantitative estimate of drug-likeness (QED) is 0.868. The third-order valence-corrected chi connectivity index (χ3v) is 4.22. The lowest BCUT2D eigenvalue weighted by molar-refractivity contribution is 0.184. The van der Waals surface area contributed by atoms with Gasteiger partial charge in [-0.15, -0.1) is 0 Å². The molecular formula is C15H23NO. The SMILES string of the molecule is CCC1CCCCC1(N)c1cccc(OC)c1. The van der Waals surface area contributed by atoms with E-state index < -0.39 is 0 Å². The molecule has 0 heterocycles. The highest BCUT2D eigenvalue weighted by molar-refractivity contribution is 5.34. The van der Waals surface area contributed by atoms with Crippen LogP contribution in [0.1, 0.15) is 44.6 Å².